The van der Waals surface area contributed by atoms with Gasteiger partial charge in [-0.2, -0.15) is 0 Å². The van der Waals surface area contributed by atoms with E-state index in [0.29, 0.717) is 15.7 Å². The molecule has 2 rings (SSSR count). The van der Waals surface area contributed by atoms with Crippen LogP contribution in [0.3, 0.4) is 0 Å². The molecule has 0 radical (unpaired) electrons. The summed E-state index contributed by atoms with van der Waals surface area (Å²) in [6, 6.07) is 7.87. The Labute approximate surface area is 120 Å². The molecule has 0 fully saturated rings. The number of aryl methyl sites for hydroxylation is 1. The van der Waals surface area contributed by atoms with Gasteiger partial charge in [0.05, 0.1) is 0 Å². The molecule has 19 heavy (non-hydrogen) atoms. The number of benzene rings is 2. The van der Waals surface area contributed by atoms with Gasteiger partial charge < -0.3 is 10.5 Å². The summed E-state index contributed by atoms with van der Waals surface area (Å²) in [6.07, 6.45) is 0. The number of ether oxygens (including phenoxy) is 1. The molecule has 0 amide bonds. The van der Waals surface area contributed by atoms with Crippen LogP contribution in [0.25, 0.3) is 0 Å². The van der Waals surface area contributed by atoms with Gasteiger partial charge in [-0.05, 0) is 30.7 Å². The Balaban J connectivity index is 2.16. The Hall–Kier alpha value is -1.45. The third kappa shape index (κ3) is 3.31. The van der Waals surface area contributed by atoms with E-state index in [1.165, 1.54) is 6.07 Å². The Morgan fingerprint density at radius 1 is 1.21 bits per heavy atom. The monoisotopic (exact) mass is 299 g/mol. The number of nitrogen functional groups attached to an aromatic ring is 1. The van der Waals surface area contributed by atoms with Crippen LogP contribution in [0.2, 0.25) is 10.0 Å². The molecular formula is C14H12Cl2FNO. The van der Waals surface area contributed by atoms with Crippen molar-refractivity contribution < 1.29 is 9.13 Å². The lowest BCUT2D eigenvalue weighted by molar-refractivity contribution is 0.290. The fourth-order valence-corrected chi connectivity index (χ4v) is 2.04. The Bertz CT molecular complexity index is 617. The smallest absolute Gasteiger partial charge is 0.167 e. The van der Waals surface area contributed by atoms with Crippen molar-refractivity contribution in [3.8, 4) is 5.75 Å². The molecule has 0 heterocycles. The Morgan fingerprint density at radius 2 is 1.95 bits per heavy atom. The van der Waals surface area contributed by atoms with Gasteiger partial charge in [0.25, 0.3) is 0 Å². The first-order valence-electron chi connectivity index (χ1n) is 5.59. The standard InChI is InChI=1S/C14H12Cl2FNO/c1-8-4-14(12(17)6-13(8)18)19-7-9-2-3-10(15)5-11(9)16/h2-6H,7,18H2,1H3. The number of nitrogens with two attached hydrogens (primary N) is 1. The van der Waals surface area contributed by atoms with Gasteiger partial charge in [0.2, 0.25) is 0 Å². The maximum Gasteiger partial charge on any atom is 0.167 e. The van der Waals surface area contributed by atoms with Gasteiger partial charge in [-0.1, -0.05) is 29.3 Å². The molecule has 0 spiro atoms. The lowest BCUT2D eigenvalue weighted by atomic mass is 10.2. The van der Waals surface area contributed by atoms with Crippen molar-refractivity contribution >= 4 is 28.9 Å². The third-order valence-corrected chi connectivity index (χ3v) is 3.31. The van der Waals surface area contributed by atoms with E-state index in [1.54, 1.807) is 31.2 Å². The maximum absolute atomic E-state index is 13.6. The molecule has 0 atom stereocenters. The fourth-order valence-electron chi connectivity index (χ4n) is 1.58. The highest BCUT2D eigenvalue weighted by atomic mass is 35.5. The second-order valence-electron chi connectivity index (χ2n) is 4.16. The van der Waals surface area contributed by atoms with E-state index >= 15 is 0 Å². The van der Waals surface area contributed by atoms with E-state index < -0.39 is 5.82 Å². The highest BCUT2D eigenvalue weighted by molar-refractivity contribution is 6.35. The Kier molecular flexibility index (Phi) is 4.17. The minimum atomic E-state index is -0.492. The molecule has 0 saturated carbocycles. The summed E-state index contributed by atoms with van der Waals surface area (Å²) in [5, 5.41) is 1.03. The van der Waals surface area contributed by atoms with Gasteiger partial charge >= 0.3 is 0 Å². The number of halogens is 3. The lowest BCUT2D eigenvalue weighted by Gasteiger charge is -2.10. The highest BCUT2D eigenvalue weighted by Gasteiger charge is 2.08. The van der Waals surface area contributed by atoms with Crippen LogP contribution in [0.15, 0.2) is 30.3 Å². The summed E-state index contributed by atoms with van der Waals surface area (Å²) in [5.41, 5.74) is 7.50. The normalized spacial score (nSPS) is 10.5. The summed E-state index contributed by atoms with van der Waals surface area (Å²) in [4.78, 5) is 0. The van der Waals surface area contributed by atoms with Crippen molar-refractivity contribution in [3.63, 3.8) is 0 Å². The van der Waals surface area contributed by atoms with Crippen molar-refractivity contribution in [2.24, 2.45) is 0 Å². The molecule has 2 nitrogen and oxygen atoms in total. The second kappa shape index (κ2) is 5.68. The van der Waals surface area contributed by atoms with Crippen LogP contribution in [-0.4, -0.2) is 0 Å². The number of hydrogen-bond donors (Lipinski definition) is 1. The van der Waals surface area contributed by atoms with Crippen LogP contribution >= 0.6 is 23.2 Å². The Morgan fingerprint density at radius 3 is 2.63 bits per heavy atom. The highest BCUT2D eigenvalue weighted by Crippen LogP contribution is 2.26. The minimum Gasteiger partial charge on any atom is -0.486 e. The van der Waals surface area contributed by atoms with Gasteiger partial charge in [-0.15, -0.1) is 0 Å². The van der Waals surface area contributed by atoms with Gasteiger partial charge in [0, 0.05) is 27.4 Å². The van der Waals surface area contributed by atoms with E-state index in [0.717, 1.165) is 11.1 Å². The van der Waals surface area contributed by atoms with Crippen LogP contribution in [0.1, 0.15) is 11.1 Å². The van der Waals surface area contributed by atoms with E-state index in [1.807, 2.05) is 0 Å². The SMILES string of the molecule is Cc1cc(OCc2ccc(Cl)cc2Cl)c(F)cc1N. The van der Waals surface area contributed by atoms with Crippen LogP contribution in [-0.2, 0) is 6.61 Å². The minimum absolute atomic E-state index is 0.151. The second-order valence-corrected chi connectivity index (χ2v) is 5.01. The number of hydrogen-bond acceptors (Lipinski definition) is 2. The largest absolute Gasteiger partial charge is 0.486 e. The van der Waals surface area contributed by atoms with Gasteiger partial charge in [0.15, 0.2) is 11.6 Å². The molecule has 2 N–H and O–H groups in total. The molecule has 100 valence electrons. The van der Waals surface area contributed by atoms with Gasteiger partial charge in [-0.3, -0.25) is 0 Å². The van der Waals surface area contributed by atoms with Gasteiger partial charge in [0.1, 0.15) is 6.61 Å². The van der Waals surface area contributed by atoms with Crippen molar-refractivity contribution in [2.45, 2.75) is 13.5 Å². The molecule has 0 unspecified atom stereocenters. The first-order valence-corrected chi connectivity index (χ1v) is 6.35. The molecule has 2 aromatic carbocycles. The summed E-state index contributed by atoms with van der Waals surface area (Å²) >= 11 is 11.8. The summed E-state index contributed by atoms with van der Waals surface area (Å²) in [7, 11) is 0. The van der Waals surface area contributed by atoms with Crippen LogP contribution in [0.5, 0.6) is 5.75 Å². The first-order chi connectivity index (χ1) is 8.97. The zero-order valence-electron chi connectivity index (χ0n) is 10.2. The molecular weight excluding hydrogens is 288 g/mol. The van der Waals surface area contributed by atoms with Crippen molar-refractivity contribution in [1.29, 1.82) is 0 Å². The van der Waals surface area contributed by atoms with E-state index in [9.17, 15) is 4.39 Å². The predicted molar refractivity (Wildman–Crippen MR) is 76.3 cm³/mol. The topological polar surface area (TPSA) is 35.2 Å². The van der Waals surface area contributed by atoms with Crippen LogP contribution in [0, 0.1) is 12.7 Å². The van der Waals surface area contributed by atoms with Crippen molar-refractivity contribution in [3.05, 3.63) is 57.3 Å². The zero-order valence-corrected chi connectivity index (χ0v) is 11.7. The molecule has 0 saturated heterocycles. The molecule has 2 aromatic rings. The molecule has 0 aliphatic carbocycles. The van der Waals surface area contributed by atoms with Crippen molar-refractivity contribution in [2.75, 3.05) is 5.73 Å². The lowest BCUT2D eigenvalue weighted by Crippen LogP contribution is -2.00. The van der Waals surface area contributed by atoms with E-state index in [4.69, 9.17) is 33.7 Å². The number of anilines is 1. The zero-order chi connectivity index (χ0) is 14.0. The third-order valence-electron chi connectivity index (χ3n) is 2.72. The molecule has 5 heteroatoms. The van der Waals surface area contributed by atoms with Crippen LogP contribution < -0.4 is 10.5 Å². The van der Waals surface area contributed by atoms with Crippen molar-refractivity contribution in [1.82, 2.24) is 0 Å². The quantitative estimate of drug-likeness (QED) is 0.841. The van der Waals surface area contributed by atoms with E-state index in [-0.39, 0.29) is 12.4 Å². The summed E-state index contributed by atoms with van der Waals surface area (Å²) in [5.74, 6) is -0.342. The van der Waals surface area contributed by atoms with E-state index in [2.05, 4.69) is 0 Å². The average Bonchev–Trinajstić information content (AvgIpc) is 2.34. The molecule has 0 aromatic heterocycles. The maximum atomic E-state index is 13.6. The fraction of sp³-hybridized carbons (Fsp3) is 0.143. The van der Waals surface area contributed by atoms with Crippen LogP contribution in [0.4, 0.5) is 10.1 Å². The number of rotatable bonds is 3. The first kappa shape index (κ1) is 14.0. The summed E-state index contributed by atoms with van der Waals surface area (Å²) < 4.78 is 19.1. The average molecular weight is 300 g/mol. The van der Waals surface area contributed by atoms with Gasteiger partial charge in [-0.25, -0.2) is 4.39 Å². The molecule has 0 aliphatic rings. The molecule has 0 bridgehead atoms. The summed E-state index contributed by atoms with van der Waals surface area (Å²) in [6.45, 7) is 1.95. The molecule has 0 aliphatic heterocycles. The predicted octanol–water partition coefficient (Wildman–Crippen LogP) is 4.60.